The van der Waals surface area contributed by atoms with Gasteiger partial charge < -0.3 is 9.47 Å². The molecule has 0 N–H and O–H groups in total. The molecule has 0 amide bonds. The van der Waals surface area contributed by atoms with Crippen LogP contribution in [0.25, 0.3) is 126 Å². The van der Waals surface area contributed by atoms with Crippen molar-refractivity contribution >= 4 is 115 Å². The highest BCUT2D eigenvalue weighted by Crippen LogP contribution is 2.54. The molecule has 1 aliphatic heterocycles. The van der Waals surface area contributed by atoms with Gasteiger partial charge in [-0.25, -0.2) is 0 Å². The lowest BCUT2D eigenvalue weighted by Gasteiger charge is -2.34. The Hall–Kier alpha value is -9.41. The van der Waals surface area contributed by atoms with Crippen LogP contribution in [-0.4, -0.2) is 4.57 Å². The molecule has 0 spiro atoms. The zero-order valence-corrected chi connectivity index (χ0v) is 41.5. The molecule has 3 heteroatoms. The maximum Gasteiger partial charge on any atom is 0.0608 e. The normalized spacial score (nSPS) is 12.5. The second kappa shape index (κ2) is 16.6. The Bertz CT molecular complexity index is 4860. The molecule has 75 heavy (non-hydrogen) atoms. The van der Waals surface area contributed by atoms with E-state index in [4.69, 9.17) is 0 Å². The van der Waals surface area contributed by atoms with E-state index < -0.39 is 0 Å². The molecule has 15 aromatic rings. The zero-order chi connectivity index (χ0) is 49.1. The first-order chi connectivity index (χ1) is 37.1. The molecular formula is C72H44N2S. The Kier molecular flexibility index (Phi) is 9.30. The Morgan fingerprint density at radius 3 is 1.61 bits per heavy atom. The largest absolute Gasteiger partial charge is 0.309 e. The second-order valence-corrected chi connectivity index (χ2v) is 21.1. The molecule has 0 aliphatic carbocycles. The molecule has 1 aromatic heterocycles. The second-order valence-electron chi connectivity index (χ2n) is 20.0. The SMILES string of the molecule is c1cc(-c2cccc3ccccc23)cc(N2c3cc(-c4ccc5c(c4)c4ccccc4n5-c4ccc5c6ccc(-c7ccc8ccccc8c7)cc6c6ccccc6c5c4)ccc3Sc3cc4ccccc4cc32)c1. The highest BCUT2D eigenvalue weighted by molar-refractivity contribution is 7.99. The first-order valence-corrected chi connectivity index (χ1v) is 26.6. The average Bonchev–Trinajstić information content (AvgIpc) is 3.84. The maximum atomic E-state index is 2.49. The van der Waals surface area contributed by atoms with Gasteiger partial charge in [-0.15, -0.1) is 0 Å². The lowest BCUT2D eigenvalue weighted by atomic mass is 9.91. The summed E-state index contributed by atoms with van der Waals surface area (Å²) in [7, 11) is 0. The van der Waals surface area contributed by atoms with E-state index in [0.29, 0.717) is 0 Å². The van der Waals surface area contributed by atoms with Crippen LogP contribution in [0.2, 0.25) is 0 Å². The zero-order valence-electron chi connectivity index (χ0n) is 40.7. The Labute approximate surface area is 438 Å². The van der Waals surface area contributed by atoms with E-state index in [2.05, 4.69) is 276 Å². The number of benzene rings is 14. The van der Waals surface area contributed by atoms with Crippen molar-refractivity contribution < 1.29 is 0 Å². The summed E-state index contributed by atoms with van der Waals surface area (Å²) in [6.45, 7) is 0. The van der Waals surface area contributed by atoms with E-state index in [1.165, 1.54) is 141 Å². The van der Waals surface area contributed by atoms with Gasteiger partial charge in [0.2, 0.25) is 0 Å². The molecule has 348 valence electrons. The third-order valence-electron chi connectivity index (χ3n) is 15.9. The van der Waals surface area contributed by atoms with Crippen molar-refractivity contribution in [1.82, 2.24) is 4.57 Å². The topological polar surface area (TPSA) is 8.17 Å². The Morgan fingerprint density at radius 1 is 0.240 bits per heavy atom. The van der Waals surface area contributed by atoms with Crippen LogP contribution in [0.15, 0.2) is 277 Å². The lowest BCUT2D eigenvalue weighted by Crippen LogP contribution is -2.15. The average molecular weight is 969 g/mol. The molecule has 0 atom stereocenters. The molecule has 0 saturated carbocycles. The maximum absolute atomic E-state index is 2.49. The van der Waals surface area contributed by atoms with Gasteiger partial charge in [-0.1, -0.05) is 200 Å². The monoisotopic (exact) mass is 968 g/mol. The van der Waals surface area contributed by atoms with Crippen LogP contribution < -0.4 is 4.90 Å². The number of hydrogen-bond donors (Lipinski definition) is 0. The van der Waals surface area contributed by atoms with Crippen LogP contribution in [0, 0.1) is 0 Å². The van der Waals surface area contributed by atoms with E-state index in [9.17, 15) is 0 Å². The van der Waals surface area contributed by atoms with Gasteiger partial charge in [0, 0.05) is 31.9 Å². The molecule has 0 unspecified atom stereocenters. The molecule has 16 rings (SSSR count). The van der Waals surface area contributed by atoms with Crippen molar-refractivity contribution in [3.63, 3.8) is 0 Å². The molecule has 2 heterocycles. The smallest absolute Gasteiger partial charge is 0.0608 e. The molecular weight excluding hydrogens is 925 g/mol. The van der Waals surface area contributed by atoms with Crippen LogP contribution in [0.1, 0.15) is 0 Å². The number of fused-ring (bicyclic) bond motifs is 14. The van der Waals surface area contributed by atoms with Crippen molar-refractivity contribution in [3.8, 4) is 39.1 Å². The summed E-state index contributed by atoms with van der Waals surface area (Å²) in [5.74, 6) is 0. The third kappa shape index (κ3) is 6.68. The molecule has 1 aliphatic rings. The van der Waals surface area contributed by atoms with Crippen LogP contribution in [0.5, 0.6) is 0 Å². The highest BCUT2D eigenvalue weighted by Gasteiger charge is 2.27. The van der Waals surface area contributed by atoms with E-state index in [1.807, 2.05) is 11.8 Å². The van der Waals surface area contributed by atoms with Crippen LogP contribution in [-0.2, 0) is 0 Å². The molecule has 14 aromatic carbocycles. The molecule has 0 radical (unpaired) electrons. The van der Waals surface area contributed by atoms with Crippen LogP contribution in [0.4, 0.5) is 17.1 Å². The number of anilines is 3. The molecule has 2 nitrogen and oxygen atoms in total. The van der Waals surface area contributed by atoms with Gasteiger partial charge in [0.05, 0.1) is 22.4 Å². The summed E-state index contributed by atoms with van der Waals surface area (Å²) in [4.78, 5) is 4.98. The van der Waals surface area contributed by atoms with Crippen LogP contribution in [0.3, 0.4) is 0 Å². The standard InChI is InChI=1S/C72H44N2S/c1-2-15-47-37-50(28-27-45(47)13-1)51-29-33-61-62-34-32-56(44-65(62)60-23-8-7-22-59(60)64(61)39-51)73-67-26-10-9-24-63(67)66-40-52(30-35-68(66)73)53-31-36-71-69(42-53)74(70-41-48-16-3-4-17-49(48)43-72(70)75-71)55-20-11-19-54(38-55)58-25-12-18-46-14-5-6-21-57(46)58/h1-44H. The van der Waals surface area contributed by atoms with Gasteiger partial charge >= 0.3 is 0 Å². The summed E-state index contributed by atoms with van der Waals surface area (Å²) in [5.41, 5.74) is 14.3. The van der Waals surface area contributed by atoms with E-state index in [0.717, 1.165) is 11.4 Å². The predicted octanol–water partition coefficient (Wildman–Crippen LogP) is 20.6. The number of nitrogens with zero attached hydrogens (tertiary/aromatic N) is 2. The minimum absolute atomic E-state index is 1.14. The van der Waals surface area contributed by atoms with Crippen molar-refractivity contribution in [1.29, 1.82) is 0 Å². The van der Waals surface area contributed by atoms with Gasteiger partial charge in [-0.3, -0.25) is 0 Å². The minimum atomic E-state index is 1.14. The van der Waals surface area contributed by atoms with Crippen molar-refractivity contribution in [3.05, 3.63) is 267 Å². The summed E-state index contributed by atoms with van der Waals surface area (Å²) >= 11 is 1.86. The lowest BCUT2D eigenvalue weighted by molar-refractivity contribution is 1.17. The summed E-state index contributed by atoms with van der Waals surface area (Å²) in [5, 5.41) is 17.5. The van der Waals surface area contributed by atoms with E-state index >= 15 is 0 Å². The van der Waals surface area contributed by atoms with Gasteiger partial charge in [0.15, 0.2) is 0 Å². The van der Waals surface area contributed by atoms with E-state index in [1.54, 1.807) is 0 Å². The number of para-hydroxylation sites is 1. The molecule has 0 saturated heterocycles. The summed E-state index contributed by atoms with van der Waals surface area (Å²) in [6, 6.07) is 99.4. The van der Waals surface area contributed by atoms with Gasteiger partial charge in [-0.2, -0.15) is 0 Å². The van der Waals surface area contributed by atoms with Crippen molar-refractivity contribution in [2.75, 3.05) is 4.90 Å². The molecule has 0 bridgehead atoms. The minimum Gasteiger partial charge on any atom is -0.309 e. The van der Waals surface area contributed by atoms with E-state index in [-0.39, 0.29) is 0 Å². The fraction of sp³-hybridized carbons (Fsp3) is 0. The molecule has 0 fully saturated rings. The van der Waals surface area contributed by atoms with Gasteiger partial charge in [-0.05, 0) is 177 Å². The first-order valence-electron chi connectivity index (χ1n) is 25.8. The Balaban J connectivity index is 0.827. The number of rotatable bonds is 5. The predicted molar refractivity (Wildman–Crippen MR) is 321 cm³/mol. The quantitative estimate of drug-likeness (QED) is 0.159. The summed E-state index contributed by atoms with van der Waals surface area (Å²) in [6.07, 6.45) is 0. The third-order valence-corrected chi connectivity index (χ3v) is 17.0. The van der Waals surface area contributed by atoms with Crippen molar-refractivity contribution in [2.24, 2.45) is 0 Å². The summed E-state index contributed by atoms with van der Waals surface area (Å²) < 4.78 is 2.46. The Morgan fingerprint density at radius 2 is 0.787 bits per heavy atom. The van der Waals surface area contributed by atoms with Gasteiger partial charge in [0.25, 0.3) is 0 Å². The number of hydrogen-bond acceptors (Lipinski definition) is 2. The highest BCUT2D eigenvalue weighted by atomic mass is 32.2. The van der Waals surface area contributed by atoms with Gasteiger partial charge in [0.1, 0.15) is 0 Å². The fourth-order valence-electron chi connectivity index (χ4n) is 12.3. The number of aromatic nitrogens is 1. The first kappa shape index (κ1) is 42.1. The fourth-order valence-corrected chi connectivity index (χ4v) is 13.4. The van der Waals surface area contributed by atoms with Crippen LogP contribution >= 0.6 is 11.8 Å². The van der Waals surface area contributed by atoms with Crippen molar-refractivity contribution in [2.45, 2.75) is 9.79 Å².